The van der Waals surface area contributed by atoms with Gasteiger partial charge in [-0.1, -0.05) is 15.9 Å². The van der Waals surface area contributed by atoms with E-state index in [-0.39, 0.29) is 12.4 Å². The number of fused-ring (bicyclic) bond motifs is 1. The molecule has 1 aromatic carbocycles. The van der Waals surface area contributed by atoms with Crippen LogP contribution < -0.4 is 0 Å². The lowest BCUT2D eigenvalue weighted by molar-refractivity contribution is -0.139. The van der Waals surface area contributed by atoms with Crippen LogP contribution in [-0.4, -0.2) is 23.3 Å². The molecule has 1 N–H and O–H groups in total. The number of aromatic amines is 1. The number of nitrogens with zero attached hydrogens (tertiary/aromatic N) is 1. The summed E-state index contributed by atoms with van der Waals surface area (Å²) in [5.74, 6) is -0.260. The Morgan fingerprint density at radius 2 is 2.40 bits per heavy atom. The van der Waals surface area contributed by atoms with Gasteiger partial charge in [0.2, 0.25) is 0 Å². The van der Waals surface area contributed by atoms with Crippen molar-refractivity contribution in [3.05, 3.63) is 28.4 Å². The van der Waals surface area contributed by atoms with Crippen molar-refractivity contribution in [3.8, 4) is 0 Å². The van der Waals surface area contributed by atoms with Crippen molar-refractivity contribution in [2.45, 2.75) is 6.42 Å². The number of nitrogens with one attached hydrogen (secondary N) is 1. The molecule has 0 aliphatic carbocycles. The lowest BCUT2D eigenvalue weighted by Crippen LogP contribution is -2.04. The van der Waals surface area contributed by atoms with Crippen LogP contribution in [0.25, 0.3) is 10.9 Å². The number of carbonyl (C=O) groups excluding carboxylic acids is 1. The van der Waals surface area contributed by atoms with Gasteiger partial charge in [-0.2, -0.15) is 5.10 Å². The van der Waals surface area contributed by atoms with E-state index in [2.05, 4.69) is 30.9 Å². The fourth-order valence-electron chi connectivity index (χ4n) is 1.46. The van der Waals surface area contributed by atoms with Crippen LogP contribution >= 0.6 is 15.9 Å². The van der Waals surface area contributed by atoms with Gasteiger partial charge in [0.05, 0.1) is 25.2 Å². The van der Waals surface area contributed by atoms with E-state index < -0.39 is 0 Å². The molecule has 0 radical (unpaired) electrons. The molecule has 1 heterocycles. The van der Waals surface area contributed by atoms with Gasteiger partial charge in [0.15, 0.2) is 0 Å². The highest BCUT2D eigenvalue weighted by Crippen LogP contribution is 2.22. The molecule has 2 rings (SSSR count). The number of hydrogen-bond donors (Lipinski definition) is 1. The number of hydrogen-bond acceptors (Lipinski definition) is 3. The summed E-state index contributed by atoms with van der Waals surface area (Å²) in [6.45, 7) is 0. The smallest absolute Gasteiger partial charge is 0.310 e. The number of benzene rings is 1. The molecule has 0 bridgehead atoms. The van der Waals surface area contributed by atoms with E-state index in [0.29, 0.717) is 0 Å². The van der Waals surface area contributed by atoms with Crippen molar-refractivity contribution in [1.29, 1.82) is 0 Å². The molecule has 1 aromatic heterocycles. The summed E-state index contributed by atoms with van der Waals surface area (Å²) in [6.07, 6.45) is 1.97. The number of carbonyl (C=O) groups is 1. The Labute approximate surface area is 94.7 Å². The summed E-state index contributed by atoms with van der Waals surface area (Å²) in [5.41, 5.74) is 1.76. The van der Waals surface area contributed by atoms with Gasteiger partial charge in [-0.25, -0.2) is 0 Å². The minimum Gasteiger partial charge on any atom is -0.469 e. The van der Waals surface area contributed by atoms with Crippen molar-refractivity contribution in [1.82, 2.24) is 10.2 Å². The zero-order chi connectivity index (χ0) is 10.8. The van der Waals surface area contributed by atoms with E-state index in [0.717, 1.165) is 20.9 Å². The second-order valence-electron chi connectivity index (χ2n) is 3.15. The minimum atomic E-state index is -0.260. The van der Waals surface area contributed by atoms with Gasteiger partial charge in [0, 0.05) is 9.86 Å². The van der Waals surface area contributed by atoms with E-state index >= 15 is 0 Å². The molecule has 0 atom stereocenters. The minimum absolute atomic E-state index is 0.245. The second kappa shape index (κ2) is 4.02. The van der Waals surface area contributed by atoms with Gasteiger partial charge in [0.1, 0.15) is 0 Å². The molecule has 0 fully saturated rings. The third kappa shape index (κ3) is 2.02. The zero-order valence-corrected chi connectivity index (χ0v) is 9.67. The van der Waals surface area contributed by atoms with Crippen LogP contribution in [-0.2, 0) is 16.0 Å². The van der Waals surface area contributed by atoms with Crippen LogP contribution in [0.1, 0.15) is 5.56 Å². The van der Waals surface area contributed by atoms with Crippen LogP contribution in [0.2, 0.25) is 0 Å². The largest absolute Gasteiger partial charge is 0.469 e. The molecule has 0 spiro atoms. The van der Waals surface area contributed by atoms with Gasteiger partial charge < -0.3 is 4.74 Å². The summed E-state index contributed by atoms with van der Waals surface area (Å²) in [5, 5.41) is 7.78. The van der Waals surface area contributed by atoms with Crippen molar-refractivity contribution in [3.63, 3.8) is 0 Å². The monoisotopic (exact) mass is 268 g/mol. The number of rotatable bonds is 2. The van der Waals surface area contributed by atoms with Gasteiger partial charge in [-0.05, 0) is 17.7 Å². The van der Waals surface area contributed by atoms with E-state index in [1.807, 2.05) is 12.1 Å². The first kappa shape index (κ1) is 10.2. The SMILES string of the molecule is COC(=O)Cc1cc(Br)cc2cn[nH]c12. The predicted molar refractivity (Wildman–Crippen MR) is 59.5 cm³/mol. The Hall–Kier alpha value is -1.36. The topological polar surface area (TPSA) is 55.0 Å². The molecule has 0 unspecified atom stereocenters. The first-order valence-corrected chi connectivity index (χ1v) is 5.18. The molecule has 2 aromatic rings. The first-order valence-electron chi connectivity index (χ1n) is 4.39. The zero-order valence-electron chi connectivity index (χ0n) is 8.08. The average Bonchev–Trinajstić information content (AvgIpc) is 2.65. The molecule has 0 saturated carbocycles. The molecular formula is C10H9BrN2O2. The number of halogens is 1. The molecule has 0 saturated heterocycles. The summed E-state index contributed by atoms with van der Waals surface area (Å²) in [6, 6.07) is 3.83. The number of H-pyrrole nitrogens is 1. The third-order valence-electron chi connectivity index (χ3n) is 2.16. The summed E-state index contributed by atoms with van der Waals surface area (Å²) in [7, 11) is 1.38. The van der Waals surface area contributed by atoms with Crippen LogP contribution in [0.15, 0.2) is 22.8 Å². The molecule has 0 amide bonds. The molecular weight excluding hydrogens is 260 g/mol. The predicted octanol–water partition coefficient (Wildman–Crippen LogP) is 2.04. The quantitative estimate of drug-likeness (QED) is 0.849. The van der Waals surface area contributed by atoms with Gasteiger partial charge in [0.25, 0.3) is 0 Å². The van der Waals surface area contributed by atoms with Crippen molar-refractivity contribution in [2.75, 3.05) is 7.11 Å². The molecule has 78 valence electrons. The Balaban J connectivity index is 2.48. The van der Waals surface area contributed by atoms with Crippen LogP contribution in [0.5, 0.6) is 0 Å². The number of ether oxygens (including phenoxy) is 1. The number of aromatic nitrogens is 2. The van der Waals surface area contributed by atoms with Gasteiger partial charge >= 0.3 is 5.97 Å². The molecule has 0 aliphatic rings. The summed E-state index contributed by atoms with van der Waals surface area (Å²) < 4.78 is 5.56. The molecule has 4 nitrogen and oxygen atoms in total. The van der Waals surface area contributed by atoms with Gasteiger partial charge in [-0.15, -0.1) is 0 Å². The molecule has 5 heteroatoms. The molecule has 0 aliphatic heterocycles. The molecule has 15 heavy (non-hydrogen) atoms. The number of methoxy groups -OCH3 is 1. The standard InChI is InChI=1S/C10H9BrN2O2/c1-15-9(14)4-6-2-8(11)3-7-5-12-13-10(6)7/h2-3,5H,4H2,1H3,(H,12,13). The van der Waals surface area contributed by atoms with E-state index in [1.54, 1.807) is 6.20 Å². The highest BCUT2D eigenvalue weighted by Gasteiger charge is 2.09. The maximum Gasteiger partial charge on any atom is 0.310 e. The normalized spacial score (nSPS) is 10.5. The maximum absolute atomic E-state index is 11.2. The van der Waals surface area contributed by atoms with Crippen molar-refractivity contribution >= 4 is 32.8 Å². The second-order valence-corrected chi connectivity index (χ2v) is 4.07. The maximum atomic E-state index is 11.2. The fourth-order valence-corrected chi connectivity index (χ4v) is 1.98. The summed E-state index contributed by atoms with van der Waals surface area (Å²) >= 11 is 3.39. The lowest BCUT2D eigenvalue weighted by Gasteiger charge is -2.02. The van der Waals surface area contributed by atoms with Crippen LogP contribution in [0.4, 0.5) is 0 Å². The summed E-state index contributed by atoms with van der Waals surface area (Å²) in [4.78, 5) is 11.2. The Morgan fingerprint density at radius 3 is 3.13 bits per heavy atom. The van der Waals surface area contributed by atoms with E-state index in [1.165, 1.54) is 7.11 Å². The van der Waals surface area contributed by atoms with Crippen molar-refractivity contribution in [2.24, 2.45) is 0 Å². The number of esters is 1. The Bertz CT molecular complexity index is 507. The highest BCUT2D eigenvalue weighted by atomic mass is 79.9. The highest BCUT2D eigenvalue weighted by molar-refractivity contribution is 9.10. The fraction of sp³-hybridized carbons (Fsp3) is 0.200. The Kier molecular flexibility index (Phi) is 2.73. The average molecular weight is 269 g/mol. The van der Waals surface area contributed by atoms with Crippen LogP contribution in [0.3, 0.4) is 0 Å². The third-order valence-corrected chi connectivity index (χ3v) is 2.62. The van der Waals surface area contributed by atoms with Gasteiger partial charge in [-0.3, -0.25) is 9.89 Å². The van der Waals surface area contributed by atoms with Crippen molar-refractivity contribution < 1.29 is 9.53 Å². The van der Waals surface area contributed by atoms with E-state index in [9.17, 15) is 4.79 Å². The van der Waals surface area contributed by atoms with Crippen LogP contribution in [0, 0.1) is 0 Å². The van der Waals surface area contributed by atoms with E-state index in [4.69, 9.17) is 0 Å². The lowest BCUT2D eigenvalue weighted by atomic mass is 10.1. The first-order chi connectivity index (χ1) is 7.20. The Morgan fingerprint density at radius 1 is 1.60 bits per heavy atom.